The molecular formula is C11H16O2. The highest BCUT2D eigenvalue weighted by Gasteiger charge is 2.56. The zero-order valence-electron chi connectivity index (χ0n) is 8.52. The Morgan fingerprint density at radius 3 is 2.31 bits per heavy atom. The van der Waals surface area contributed by atoms with E-state index in [4.69, 9.17) is 0 Å². The molecule has 3 rings (SSSR count). The van der Waals surface area contributed by atoms with E-state index >= 15 is 0 Å². The van der Waals surface area contributed by atoms with Gasteiger partial charge < -0.3 is 0 Å². The molecule has 0 amide bonds. The lowest BCUT2D eigenvalue weighted by atomic mass is 9.50. The van der Waals surface area contributed by atoms with Crippen LogP contribution in [-0.2, 0) is 9.59 Å². The molecule has 3 saturated carbocycles. The molecule has 2 bridgehead atoms. The summed E-state index contributed by atoms with van der Waals surface area (Å²) in [4.78, 5) is 23.3. The van der Waals surface area contributed by atoms with E-state index in [1.165, 1.54) is 0 Å². The SMILES string of the molecule is CC1(C)C[C@@]2(C)CC(=O)[C@@H]1CC2=O. The maximum absolute atomic E-state index is 11.7. The molecule has 0 spiro atoms. The molecule has 3 aliphatic rings. The molecule has 0 aromatic carbocycles. The van der Waals surface area contributed by atoms with Crippen LogP contribution in [0.4, 0.5) is 0 Å². The van der Waals surface area contributed by atoms with Crippen LogP contribution < -0.4 is 0 Å². The Hall–Kier alpha value is -0.660. The molecule has 2 atom stereocenters. The van der Waals surface area contributed by atoms with Gasteiger partial charge in [-0.25, -0.2) is 0 Å². The minimum Gasteiger partial charge on any atom is -0.299 e. The molecule has 13 heavy (non-hydrogen) atoms. The third kappa shape index (κ3) is 1.07. The highest BCUT2D eigenvalue weighted by molar-refractivity contribution is 6.00. The summed E-state index contributed by atoms with van der Waals surface area (Å²) in [7, 11) is 0. The van der Waals surface area contributed by atoms with Gasteiger partial charge in [-0.1, -0.05) is 20.8 Å². The van der Waals surface area contributed by atoms with Crippen molar-refractivity contribution in [3.05, 3.63) is 0 Å². The van der Waals surface area contributed by atoms with Crippen LogP contribution in [0.2, 0.25) is 0 Å². The summed E-state index contributed by atoms with van der Waals surface area (Å²) in [5, 5.41) is 0. The van der Waals surface area contributed by atoms with Crippen LogP contribution in [0.25, 0.3) is 0 Å². The number of carbonyl (C=O) groups is 2. The molecule has 72 valence electrons. The summed E-state index contributed by atoms with van der Waals surface area (Å²) in [6.07, 6.45) is 1.86. The summed E-state index contributed by atoms with van der Waals surface area (Å²) in [6.45, 7) is 6.17. The van der Waals surface area contributed by atoms with E-state index in [2.05, 4.69) is 13.8 Å². The fourth-order valence-corrected chi connectivity index (χ4v) is 3.15. The van der Waals surface area contributed by atoms with Gasteiger partial charge in [0.2, 0.25) is 0 Å². The number of fused-ring (bicyclic) bond motifs is 3. The third-order valence-corrected chi connectivity index (χ3v) is 3.80. The van der Waals surface area contributed by atoms with Crippen molar-refractivity contribution in [2.75, 3.05) is 0 Å². The highest BCUT2D eigenvalue weighted by atomic mass is 16.1. The summed E-state index contributed by atoms with van der Waals surface area (Å²) in [5.74, 6) is 0.608. The first-order valence-corrected chi connectivity index (χ1v) is 4.91. The topological polar surface area (TPSA) is 34.1 Å². The Kier molecular flexibility index (Phi) is 1.53. The molecule has 0 aliphatic heterocycles. The van der Waals surface area contributed by atoms with Crippen LogP contribution in [0, 0.1) is 16.7 Å². The second-order valence-electron chi connectivity index (χ2n) is 5.55. The van der Waals surface area contributed by atoms with Gasteiger partial charge in [-0.05, 0) is 11.8 Å². The first kappa shape index (κ1) is 8.92. The van der Waals surface area contributed by atoms with E-state index in [0.717, 1.165) is 6.42 Å². The fourth-order valence-electron chi connectivity index (χ4n) is 3.15. The average molecular weight is 180 g/mol. The van der Waals surface area contributed by atoms with Crippen molar-refractivity contribution in [1.82, 2.24) is 0 Å². The van der Waals surface area contributed by atoms with E-state index in [0.29, 0.717) is 24.4 Å². The minimum absolute atomic E-state index is 0.00169. The lowest BCUT2D eigenvalue weighted by Crippen LogP contribution is -2.54. The van der Waals surface area contributed by atoms with Crippen LogP contribution >= 0.6 is 0 Å². The van der Waals surface area contributed by atoms with Gasteiger partial charge in [-0.3, -0.25) is 9.59 Å². The van der Waals surface area contributed by atoms with Crippen LogP contribution in [-0.4, -0.2) is 11.6 Å². The van der Waals surface area contributed by atoms with Gasteiger partial charge >= 0.3 is 0 Å². The number of hydrogen-bond donors (Lipinski definition) is 0. The van der Waals surface area contributed by atoms with Gasteiger partial charge in [-0.15, -0.1) is 0 Å². The number of rotatable bonds is 0. The summed E-state index contributed by atoms with van der Waals surface area (Å²) < 4.78 is 0. The van der Waals surface area contributed by atoms with Crippen molar-refractivity contribution < 1.29 is 9.59 Å². The van der Waals surface area contributed by atoms with Crippen molar-refractivity contribution >= 4 is 11.6 Å². The Labute approximate surface area is 78.7 Å². The zero-order chi connectivity index (χ0) is 9.85. The molecule has 0 unspecified atom stereocenters. The molecule has 2 nitrogen and oxygen atoms in total. The maximum Gasteiger partial charge on any atom is 0.139 e. The predicted octanol–water partition coefficient (Wildman–Crippen LogP) is 1.97. The normalized spacial score (nSPS) is 42.5. The van der Waals surface area contributed by atoms with Crippen molar-refractivity contribution in [2.24, 2.45) is 16.7 Å². The van der Waals surface area contributed by atoms with E-state index in [1.54, 1.807) is 0 Å². The zero-order valence-corrected chi connectivity index (χ0v) is 8.52. The second-order valence-corrected chi connectivity index (χ2v) is 5.55. The summed E-state index contributed by atoms with van der Waals surface area (Å²) >= 11 is 0. The van der Waals surface area contributed by atoms with Crippen molar-refractivity contribution in [3.8, 4) is 0 Å². The Morgan fingerprint density at radius 2 is 1.85 bits per heavy atom. The molecule has 0 aromatic rings. The first-order valence-electron chi connectivity index (χ1n) is 4.91. The molecule has 2 heteroatoms. The Morgan fingerprint density at radius 1 is 1.23 bits per heavy atom. The van der Waals surface area contributed by atoms with Crippen LogP contribution in [0.5, 0.6) is 0 Å². The summed E-state index contributed by atoms with van der Waals surface area (Å²) in [6, 6.07) is 0. The average Bonchev–Trinajstić information content (AvgIpc) is 1.92. The van der Waals surface area contributed by atoms with Crippen molar-refractivity contribution in [3.63, 3.8) is 0 Å². The molecule has 0 radical (unpaired) electrons. The highest BCUT2D eigenvalue weighted by Crippen LogP contribution is 2.54. The fraction of sp³-hybridized carbons (Fsp3) is 0.818. The van der Waals surface area contributed by atoms with Gasteiger partial charge in [0.05, 0.1) is 0 Å². The molecular weight excluding hydrogens is 164 g/mol. The maximum atomic E-state index is 11.7. The van der Waals surface area contributed by atoms with E-state index < -0.39 is 0 Å². The molecule has 0 aromatic heterocycles. The molecule has 0 heterocycles. The Bertz CT molecular complexity index is 290. The van der Waals surface area contributed by atoms with Crippen molar-refractivity contribution in [1.29, 1.82) is 0 Å². The standard InChI is InChI=1S/C11H16O2/c1-10(2)6-11(3)5-8(12)7(10)4-9(11)13/h7H,4-6H2,1-3H3/t7-,11+/m0/s1. The Balaban J connectivity index is 2.43. The second kappa shape index (κ2) is 2.23. The van der Waals surface area contributed by atoms with Crippen LogP contribution in [0.15, 0.2) is 0 Å². The number of Topliss-reactive ketones (excluding diaryl/α,β-unsaturated/α-hetero) is 2. The van der Waals surface area contributed by atoms with Gasteiger partial charge in [0.25, 0.3) is 0 Å². The molecule has 0 N–H and O–H groups in total. The van der Waals surface area contributed by atoms with Crippen molar-refractivity contribution in [2.45, 2.75) is 40.0 Å². The molecule has 3 aliphatic carbocycles. The predicted molar refractivity (Wildman–Crippen MR) is 49.2 cm³/mol. The number of ketones is 2. The minimum atomic E-state index is -0.338. The van der Waals surface area contributed by atoms with Gasteiger partial charge in [0.1, 0.15) is 11.6 Å². The number of hydrogen-bond acceptors (Lipinski definition) is 2. The van der Waals surface area contributed by atoms with E-state index in [-0.39, 0.29) is 16.7 Å². The van der Waals surface area contributed by atoms with E-state index in [1.807, 2.05) is 6.92 Å². The first-order chi connectivity index (χ1) is 5.85. The largest absolute Gasteiger partial charge is 0.299 e. The number of carbonyl (C=O) groups excluding carboxylic acids is 2. The molecule has 0 saturated heterocycles. The van der Waals surface area contributed by atoms with Gasteiger partial charge in [0.15, 0.2) is 0 Å². The third-order valence-electron chi connectivity index (χ3n) is 3.80. The smallest absolute Gasteiger partial charge is 0.139 e. The van der Waals surface area contributed by atoms with Gasteiger partial charge in [0, 0.05) is 24.2 Å². The monoisotopic (exact) mass is 180 g/mol. The van der Waals surface area contributed by atoms with E-state index in [9.17, 15) is 9.59 Å². The molecule has 3 fully saturated rings. The quantitative estimate of drug-likeness (QED) is 0.571. The van der Waals surface area contributed by atoms with Crippen LogP contribution in [0.3, 0.4) is 0 Å². The van der Waals surface area contributed by atoms with Crippen LogP contribution in [0.1, 0.15) is 40.0 Å². The van der Waals surface area contributed by atoms with Gasteiger partial charge in [-0.2, -0.15) is 0 Å². The summed E-state index contributed by atoms with van der Waals surface area (Å²) in [5.41, 5.74) is -0.298. The lowest BCUT2D eigenvalue weighted by molar-refractivity contribution is -0.157. The lowest BCUT2D eigenvalue weighted by Gasteiger charge is -2.51.